The van der Waals surface area contributed by atoms with Crippen LogP contribution in [0, 0.1) is 0 Å². The molecule has 22 heavy (non-hydrogen) atoms. The van der Waals surface area contributed by atoms with Crippen LogP contribution in [-0.2, 0) is 14.3 Å². The van der Waals surface area contributed by atoms with Crippen molar-refractivity contribution >= 4 is 5.91 Å². The van der Waals surface area contributed by atoms with E-state index < -0.39 is 0 Å². The summed E-state index contributed by atoms with van der Waals surface area (Å²) >= 11 is 0. The predicted octanol–water partition coefficient (Wildman–Crippen LogP) is 1.65. The Kier molecular flexibility index (Phi) is 5.05. The van der Waals surface area contributed by atoms with Gasteiger partial charge in [0, 0.05) is 32.3 Å². The Morgan fingerprint density at radius 3 is 2.77 bits per heavy atom. The number of carbonyl (C=O) groups excluding carboxylic acids is 1. The van der Waals surface area contributed by atoms with Crippen molar-refractivity contribution in [2.75, 3.05) is 26.8 Å². The fourth-order valence-corrected chi connectivity index (χ4v) is 4.40. The van der Waals surface area contributed by atoms with Crippen molar-refractivity contribution in [1.82, 2.24) is 9.80 Å². The minimum atomic E-state index is 0.0446. The van der Waals surface area contributed by atoms with E-state index in [1.54, 1.807) is 7.11 Å². The van der Waals surface area contributed by atoms with E-state index >= 15 is 0 Å². The van der Waals surface area contributed by atoms with Gasteiger partial charge < -0.3 is 14.4 Å². The van der Waals surface area contributed by atoms with Crippen LogP contribution in [0.4, 0.5) is 0 Å². The molecule has 2 saturated heterocycles. The van der Waals surface area contributed by atoms with Crippen LogP contribution in [0.15, 0.2) is 0 Å². The van der Waals surface area contributed by atoms with Crippen LogP contribution in [0.25, 0.3) is 0 Å². The van der Waals surface area contributed by atoms with Gasteiger partial charge in [-0.25, -0.2) is 0 Å². The third-order valence-corrected chi connectivity index (χ3v) is 5.62. The number of rotatable bonds is 3. The lowest BCUT2D eigenvalue weighted by molar-refractivity contribution is -0.158. The third-order valence-electron chi connectivity index (χ3n) is 5.62. The molecular formula is C17H30N2O3. The standard InChI is InChI=1S/C17H30N2O3/c1-12(2)18-8-4-5-14(17(18)20)19-9-10-22-16-7-6-13(21-3)11-15(16)19/h12-16H,4-11H2,1-3H3/t13-,14+,15+,16+/m1/s1. The SMILES string of the molecule is CO[C@@H]1CC[C@@H]2OCCN([C@H]3CCCN(C(C)C)C3=O)[C@H]2C1. The van der Waals surface area contributed by atoms with Gasteiger partial charge in [0.15, 0.2) is 0 Å². The maximum Gasteiger partial charge on any atom is 0.240 e. The number of ether oxygens (including phenoxy) is 2. The zero-order chi connectivity index (χ0) is 15.7. The van der Waals surface area contributed by atoms with Gasteiger partial charge >= 0.3 is 0 Å². The highest BCUT2D eigenvalue weighted by Crippen LogP contribution is 2.33. The highest BCUT2D eigenvalue weighted by molar-refractivity contribution is 5.83. The van der Waals surface area contributed by atoms with Crippen molar-refractivity contribution in [3.8, 4) is 0 Å². The van der Waals surface area contributed by atoms with Gasteiger partial charge in [0.2, 0.25) is 5.91 Å². The number of morpholine rings is 1. The van der Waals surface area contributed by atoms with E-state index in [4.69, 9.17) is 9.47 Å². The molecule has 0 spiro atoms. The van der Waals surface area contributed by atoms with E-state index in [1.807, 2.05) is 0 Å². The predicted molar refractivity (Wildman–Crippen MR) is 84.8 cm³/mol. The number of carbonyl (C=O) groups is 1. The summed E-state index contributed by atoms with van der Waals surface area (Å²) in [7, 11) is 1.80. The van der Waals surface area contributed by atoms with Crippen LogP contribution < -0.4 is 0 Å². The van der Waals surface area contributed by atoms with Crippen LogP contribution in [0.3, 0.4) is 0 Å². The first-order chi connectivity index (χ1) is 10.6. The largest absolute Gasteiger partial charge is 0.381 e. The van der Waals surface area contributed by atoms with E-state index in [9.17, 15) is 4.79 Å². The molecule has 0 N–H and O–H groups in total. The van der Waals surface area contributed by atoms with Crippen molar-refractivity contribution in [3.05, 3.63) is 0 Å². The van der Waals surface area contributed by atoms with Crippen LogP contribution in [0.2, 0.25) is 0 Å². The second-order valence-corrected chi connectivity index (χ2v) is 7.17. The topological polar surface area (TPSA) is 42.0 Å². The Balaban J connectivity index is 1.75. The summed E-state index contributed by atoms with van der Waals surface area (Å²) in [5.74, 6) is 0.321. The van der Waals surface area contributed by atoms with E-state index in [0.29, 0.717) is 24.1 Å². The molecule has 3 fully saturated rings. The van der Waals surface area contributed by atoms with Gasteiger partial charge in [-0.15, -0.1) is 0 Å². The first kappa shape index (κ1) is 16.2. The second-order valence-electron chi connectivity index (χ2n) is 7.17. The van der Waals surface area contributed by atoms with Crippen molar-refractivity contribution in [3.63, 3.8) is 0 Å². The summed E-state index contributed by atoms with van der Waals surface area (Å²) in [5, 5.41) is 0. The molecule has 0 unspecified atom stereocenters. The molecule has 1 saturated carbocycles. The van der Waals surface area contributed by atoms with Gasteiger partial charge in [0.1, 0.15) is 0 Å². The van der Waals surface area contributed by atoms with Crippen LogP contribution in [0.1, 0.15) is 46.0 Å². The average molecular weight is 310 g/mol. The molecule has 2 aliphatic heterocycles. The highest BCUT2D eigenvalue weighted by Gasteiger charge is 2.44. The Bertz CT molecular complexity index is 401. The molecule has 5 nitrogen and oxygen atoms in total. The molecule has 3 rings (SSSR count). The normalized spacial score (nSPS) is 37.5. The molecule has 2 heterocycles. The molecule has 1 aliphatic carbocycles. The molecular weight excluding hydrogens is 280 g/mol. The fraction of sp³-hybridized carbons (Fsp3) is 0.941. The van der Waals surface area contributed by atoms with Gasteiger partial charge in [0.25, 0.3) is 0 Å². The smallest absolute Gasteiger partial charge is 0.240 e. The van der Waals surface area contributed by atoms with E-state index in [2.05, 4.69) is 23.6 Å². The van der Waals surface area contributed by atoms with Gasteiger partial charge in [0.05, 0.1) is 24.9 Å². The summed E-state index contributed by atoms with van der Waals surface area (Å²) in [4.78, 5) is 17.4. The number of nitrogens with zero attached hydrogens (tertiary/aromatic N) is 2. The molecule has 0 aromatic rings. The maximum absolute atomic E-state index is 12.9. The Morgan fingerprint density at radius 2 is 2.05 bits per heavy atom. The number of hydrogen-bond acceptors (Lipinski definition) is 4. The van der Waals surface area contributed by atoms with Gasteiger partial charge in [-0.1, -0.05) is 0 Å². The molecule has 0 aromatic heterocycles. The van der Waals surface area contributed by atoms with E-state index in [-0.39, 0.29) is 12.1 Å². The summed E-state index contributed by atoms with van der Waals surface area (Å²) in [6.45, 7) is 6.77. The lowest BCUT2D eigenvalue weighted by atomic mass is 9.86. The third kappa shape index (κ3) is 3.03. The molecule has 1 amide bonds. The Labute approximate surface area is 133 Å². The maximum atomic E-state index is 12.9. The molecule has 5 heteroatoms. The summed E-state index contributed by atoms with van der Waals surface area (Å²) in [6, 6.07) is 0.682. The number of fused-ring (bicyclic) bond motifs is 1. The molecule has 0 radical (unpaired) electrons. The molecule has 3 aliphatic rings. The van der Waals surface area contributed by atoms with E-state index in [1.165, 1.54) is 0 Å². The Morgan fingerprint density at radius 1 is 1.23 bits per heavy atom. The van der Waals surface area contributed by atoms with Gasteiger partial charge in [-0.05, 0) is 46.0 Å². The summed E-state index contributed by atoms with van der Waals surface area (Å²) in [6.07, 6.45) is 5.80. The molecule has 0 bridgehead atoms. The van der Waals surface area contributed by atoms with Gasteiger partial charge in [-0.2, -0.15) is 0 Å². The average Bonchev–Trinajstić information content (AvgIpc) is 2.54. The first-order valence-corrected chi connectivity index (χ1v) is 8.82. The Hall–Kier alpha value is -0.650. The van der Waals surface area contributed by atoms with E-state index in [0.717, 1.165) is 51.8 Å². The molecule has 126 valence electrons. The van der Waals surface area contributed by atoms with Crippen molar-refractivity contribution in [1.29, 1.82) is 0 Å². The monoisotopic (exact) mass is 310 g/mol. The van der Waals surface area contributed by atoms with Crippen LogP contribution in [-0.4, -0.2) is 72.8 Å². The zero-order valence-corrected chi connectivity index (χ0v) is 14.2. The fourth-order valence-electron chi connectivity index (χ4n) is 4.40. The van der Waals surface area contributed by atoms with Gasteiger partial charge in [-0.3, -0.25) is 9.69 Å². The molecule has 0 aromatic carbocycles. The number of amides is 1. The first-order valence-electron chi connectivity index (χ1n) is 8.82. The van der Waals surface area contributed by atoms with Crippen LogP contribution in [0.5, 0.6) is 0 Å². The lowest BCUT2D eigenvalue weighted by Gasteiger charge is -2.50. The van der Waals surface area contributed by atoms with Crippen molar-refractivity contribution in [2.24, 2.45) is 0 Å². The summed E-state index contributed by atoms with van der Waals surface area (Å²) in [5.41, 5.74) is 0. The summed E-state index contributed by atoms with van der Waals surface area (Å²) < 4.78 is 11.6. The minimum Gasteiger partial charge on any atom is -0.381 e. The highest BCUT2D eigenvalue weighted by atomic mass is 16.5. The molecule has 4 atom stereocenters. The second kappa shape index (κ2) is 6.85. The number of hydrogen-bond donors (Lipinski definition) is 0. The lowest BCUT2D eigenvalue weighted by Crippen LogP contribution is -2.63. The van der Waals surface area contributed by atoms with Crippen molar-refractivity contribution < 1.29 is 14.3 Å². The van der Waals surface area contributed by atoms with Crippen LogP contribution >= 0.6 is 0 Å². The number of methoxy groups -OCH3 is 1. The minimum absolute atomic E-state index is 0.0446. The zero-order valence-electron chi connectivity index (χ0n) is 14.2. The number of piperidine rings is 1. The van der Waals surface area contributed by atoms with Crippen molar-refractivity contribution in [2.45, 2.75) is 76.3 Å². The quantitative estimate of drug-likeness (QED) is 0.795. The number of likely N-dealkylation sites (tertiary alicyclic amines) is 1.